The number of fused-ring (bicyclic) bond motifs is 1. The van der Waals surface area contributed by atoms with E-state index in [0.29, 0.717) is 5.75 Å². The molecule has 0 saturated carbocycles. The van der Waals surface area contributed by atoms with Crippen molar-refractivity contribution >= 4 is 29.4 Å². The van der Waals surface area contributed by atoms with Gasteiger partial charge in [-0.15, -0.1) is 0 Å². The van der Waals surface area contributed by atoms with Crippen molar-refractivity contribution in [3.8, 4) is 11.5 Å². The van der Waals surface area contributed by atoms with Crippen LogP contribution in [-0.2, 0) is 9.59 Å². The predicted molar refractivity (Wildman–Crippen MR) is 68.7 cm³/mol. The van der Waals surface area contributed by atoms with Crippen LogP contribution in [0.25, 0.3) is 0 Å². The number of carbonyl (C=O) groups is 3. The van der Waals surface area contributed by atoms with E-state index < -0.39 is 30.3 Å². The molecule has 1 aliphatic heterocycles. The number of nitrogens with one attached hydrogen (secondary N) is 1. The number of hydrogen-bond donors (Lipinski definition) is 3. The molecule has 2 rings (SSSR count). The maximum Gasteiger partial charge on any atom is 0.326 e. The Hall–Kier alpha value is -2.48. The lowest BCUT2D eigenvalue weighted by Gasteiger charge is -2.13. The molecule has 3 N–H and O–H groups in total. The van der Waals surface area contributed by atoms with Gasteiger partial charge < -0.3 is 25.0 Å². The van der Waals surface area contributed by atoms with Crippen LogP contribution in [0.1, 0.15) is 16.8 Å². The lowest BCUT2D eigenvalue weighted by Crippen LogP contribution is -2.42. The summed E-state index contributed by atoms with van der Waals surface area (Å²) in [4.78, 5) is 33.4. The Balaban J connectivity index is 2.18. The van der Waals surface area contributed by atoms with Crippen LogP contribution in [0, 0.1) is 0 Å². The van der Waals surface area contributed by atoms with E-state index in [2.05, 4.69) is 5.32 Å². The van der Waals surface area contributed by atoms with Crippen molar-refractivity contribution in [2.75, 3.05) is 6.79 Å². The second kappa shape index (κ2) is 5.88. The van der Waals surface area contributed by atoms with Gasteiger partial charge in [-0.3, -0.25) is 9.59 Å². The Labute approximate surface area is 123 Å². The molecule has 1 aliphatic rings. The standard InChI is InChI=1S/C12H10ClNO7/c13-6-1-5(2-8-10(6)21-4-20-8)11(17)14-7(12(18)19)3-9(15)16/h1-2,7H,3-4H2,(H,14,17)(H,15,16)(H,18,19). The van der Waals surface area contributed by atoms with Gasteiger partial charge in [0, 0.05) is 5.56 Å². The molecule has 112 valence electrons. The number of aliphatic carboxylic acids is 2. The van der Waals surface area contributed by atoms with Crippen molar-refractivity contribution in [3.63, 3.8) is 0 Å². The minimum atomic E-state index is -1.54. The smallest absolute Gasteiger partial charge is 0.326 e. The average Bonchev–Trinajstić information content (AvgIpc) is 2.85. The van der Waals surface area contributed by atoms with E-state index in [4.69, 9.17) is 31.3 Å². The molecule has 1 aromatic rings. The quantitative estimate of drug-likeness (QED) is 0.732. The van der Waals surface area contributed by atoms with Crippen LogP contribution < -0.4 is 14.8 Å². The van der Waals surface area contributed by atoms with E-state index in [1.54, 1.807) is 0 Å². The minimum Gasteiger partial charge on any atom is -0.481 e. The first kappa shape index (κ1) is 14.9. The second-order valence-electron chi connectivity index (χ2n) is 4.15. The third-order valence-corrected chi connectivity index (χ3v) is 2.95. The largest absolute Gasteiger partial charge is 0.481 e. The molecular weight excluding hydrogens is 306 g/mol. The first-order valence-corrected chi connectivity index (χ1v) is 6.11. The molecule has 1 heterocycles. The molecule has 21 heavy (non-hydrogen) atoms. The molecule has 0 aromatic heterocycles. The fraction of sp³-hybridized carbons (Fsp3) is 0.250. The number of rotatable bonds is 5. The maximum atomic E-state index is 12.0. The summed E-state index contributed by atoms with van der Waals surface area (Å²) in [5.41, 5.74) is 0.0425. The molecule has 0 saturated heterocycles. The van der Waals surface area contributed by atoms with Crippen molar-refractivity contribution in [3.05, 3.63) is 22.7 Å². The maximum absolute atomic E-state index is 12.0. The van der Waals surface area contributed by atoms with Gasteiger partial charge in [0.05, 0.1) is 11.4 Å². The normalized spacial score (nSPS) is 13.6. The third-order valence-electron chi connectivity index (χ3n) is 2.67. The summed E-state index contributed by atoms with van der Waals surface area (Å²) in [6, 6.07) is 1.08. The van der Waals surface area contributed by atoms with Gasteiger partial charge in [0.25, 0.3) is 5.91 Å². The monoisotopic (exact) mass is 315 g/mol. The van der Waals surface area contributed by atoms with Gasteiger partial charge in [0.2, 0.25) is 6.79 Å². The van der Waals surface area contributed by atoms with Gasteiger partial charge in [-0.25, -0.2) is 4.79 Å². The van der Waals surface area contributed by atoms with Gasteiger partial charge in [-0.05, 0) is 12.1 Å². The zero-order chi connectivity index (χ0) is 15.6. The van der Waals surface area contributed by atoms with Crippen LogP contribution >= 0.6 is 11.6 Å². The number of carboxylic acid groups (broad SMARTS) is 2. The summed E-state index contributed by atoms with van der Waals surface area (Å²) in [6.45, 7) is -0.0309. The Morgan fingerprint density at radius 2 is 2.00 bits per heavy atom. The highest BCUT2D eigenvalue weighted by Gasteiger charge is 2.26. The summed E-state index contributed by atoms with van der Waals surface area (Å²) < 4.78 is 10.2. The summed E-state index contributed by atoms with van der Waals surface area (Å²) in [5.74, 6) is -3.00. The molecular formula is C12H10ClNO7. The molecule has 0 radical (unpaired) electrons. The van der Waals surface area contributed by atoms with Crippen LogP contribution in [0.5, 0.6) is 11.5 Å². The number of benzene rings is 1. The van der Waals surface area contributed by atoms with E-state index in [-0.39, 0.29) is 23.1 Å². The van der Waals surface area contributed by atoms with Crippen LogP contribution in [0.15, 0.2) is 12.1 Å². The molecule has 1 atom stereocenters. The zero-order valence-corrected chi connectivity index (χ0v) is 11.2. The second-order valence-corrected chi connectivity index (χ2v) is 4.56. The Bertz CT molecular complexity index is 616. The minimum absolute atomic E-state index is 0.0309. The summed E-state index contributed by atoms with van der Waals surface area (Å²) in [7, 11) is 0. The van der Waals surface area contributed by atoms with Gasteiger partial charge in [0.1, 0.15) is 6.04 Å². The van der Waals surface area contributed by atoms with Gasteiger partial charge >= 0.3 is 11.9 Å². The van der Waals surface area contributed by atoms with E-state index in [9.17, 15) is 14.4 Å². The number of amides is 1. The highest BCUT2D eigenvalue weighted by molar-refractivity contribution is 6.32. The molecule has 1 amide bonds. The fourth-order valence-corrected chi connectivity index (χ4v) is 1.98. The van der Waals surface area contributed by atoms with E-state index in [1.807, 2.05) is 0 Å². The average molecular weight is 316 g/mol. The highest BCUT2D eigenvalue weighted by atomic mass is 35.5. The number of halogens is 1. The summed E-state index contributed by atoms with van der Waals surface area (Å²) in [5, 5.41) is 19.7. The van der Waals surface area contributed by atoms with Crippen LogP contribution in [0.3, 0.4) is 0 Å². The Kier molecular flexibility index (Phi) is 4.18. The zero-order valence-electron chi connectivity index (χ0n) is 10.5. The lowest BCUT2D eigenvalue weighted by atomic mass is 10.1. The van der Waals surface area contributed by atoms with Crippen molar-refractivity contribution in [2.45, 2.75) is 12.5 Å². The fourth-order valence-electron chi connectivity index (χ4n) is 1.71. The molecule has 9 heteroatoms. The highest BCUT2D eigenvalue weighted by Crippen LogP contribution is 2.39. The topological polar surface area (TPSA) is 122 Å². The molecule has 0 bridgehead atoms. The van der Waals surface area contributed by atoms with Crippen molar-refractivity contribution < 1.29 is 34.1 Å². The number of ether oxygens (including phenoxy) is 2. The third kappa shape index (κ3) is 3.34. The molecule has 0 spiro atoms. The van der Waals surface area contributed by atoms with E-state index in [1.165, 1.54) is 12.1 Å². The van der Waals surface area contributed by atoms with Crippen molar-refractivity contribution in [1.82, 2.24) is 5.32 Å². The Morgan fingerprint density at radius 1 is 1.29 bits per heavy atom. The molecule has 0 aliphatic carbocycles. The first-order chi connectivity index (χ1) is 9.88. The SMILES string of the molecule is O=C(O)CC(NC(=O)c1cc(Cl)c2c(c1)OCO2)C(=O)O. The van der Waals surface area contributed by atoms with Crippen LogP contribution in [0.2, 0.25) is 5.02 Å². The van der Waals surface area contributed by atoms with Gasteiger partial charge in [-0.2, -0.15) is 0 Å². The van der Waals surface area contributed by atoms with Gasteiger partial charge in [-0.1, -0.05) is 11.6 Å². The van der Waals surface area contributed by atoms with E-state index >= 15 is 0 Å². The van der Waals surface area contributed by atoms with Crippen molar-refractivity contribution in [1.29, 1.82) is 0 Å². The number of hydrogen-bond acceptors (Lipinski definition) is 5. The van der Waals surface area contributed by atoms with Gasteiger partial charge in [0.15, 0.2) is 11.5 Å². The summed E-state index contributed by atoms with van der Waals surface area (Å²) in [6.07, 6.45) is -0.737. The Morgan fingerprint density at radius 3 is 2.62 bits per heavy atom. The van der Waals surface area contributed by atoms with Crippen LogP contribution in [0.4, 0.5) is 0 Å². The van der Waals surface area contributed by atoms with Crippen molar-refractivity contribution in [2.24, 2.45) is 0 Å². The van der Waals surface area contributed by atoms with Crippen LogP contribution in [-0.4, -0.2) is 40.9 Å². The molecule has 0 fully saturated rings. The molecule has 1 unspecified atom stereocenters. The molecule has 1 aromatic carbocycles. The number of carbonyl (C=O) groups excluding carboxylic acids is 1. The predicted octanol–water partition coefficient (Wildman–Crippen LogP) is 0.726. The molecule has 8 nitrogen and oxygen atoms in total. The summed E-state index contributed by atoms with van der Waals surface area (Å²) >= 11 is 5.91. The van der Waals surface area contributed by atoms with E-state index in [0.717, 1.165) is 0 Å². The lowest BCUT2D eigenvalue weighted by molar-refractivity contribution is -0.145. The number of carboxylic acids is 2. The first-order valence-electron chi connectivity index (χ1n) is 5.73.